The molecule has 0 aromatic heterocycles. The second-order valence-electron chi connectivity index (χ2n) is 4.21. The van der Waals surface area contributed by atoms with Crippen LogP contribution in [-0.4, -0.2) is 4.21 Å². The van der Waals surface area contributed by atoms with Crippen LogP contribution in [0.25, 0.3) is 0 Å². The normalized spacial score (nSPS) is 20.3. The van der Waals surface area contributed by atoms with Crippen LogP contribution in [0, 0.1) is 6.92 Å². The van der Waals surface area contributed by atoms with Gasteiger partial charge in [-0.15, -0.1) is 0 Å². The van der Waals surface area contributed by atoms with Crippen molar-refractivity contribution >= 4 is 10.8 Å². The van der Waals surface area contributed by atoms with Crippen LogP contribution < -0.4 is 0 Å². The van der Waals surface area contributed by atoms with Gasteiger partial charge in [0.25, 0.3) is 0 Å². The minimum absolute atomic E-state index is 0.873. The summed E-state index contributed by atoms with van der Waals surface area (Å²) >= 11 is 0. The van der Waals surface area contributed by atoms with E-state index < -0.39 is 10.8 Å². The molecule has 1 saturated carbocycles. The van der Waals surface area contributed by atoms with Crippen LogP contribution in [0.2, 0.25) is 0 Å². The van der Waals surface area contributed by atoms with Gasteiger partial charge < -0.3 is 0 Å². The van der Waals surface area contributed by atoms with Crippen LogP contribution in [0.4, 0.5) is 0 Å². The van der Waals surface area contributed by atoms with Crippen LogP contribution in [0.5, 0.6) is 0 Å². The number of aryl methyl sites for hydroxylation is 1. The Morgan fingerprint density at radius 3 is 2.50 bits per heavy atom. The summed E-state index contributed by atoms with van der Waals surface area (Å²) in [6.45, 7) is 6.03. The number of benzene rings is 1. The topological polar surface area (TPSA) is 17.1 Å². The van der Waals surface area contributed by atoms with E-state index in [9.17, 15) is 4.21 Å². The SMILES string of the molecule is C=C1CCC/C1=C\S(=O)c1ccc(C)cc1. The summed E-state index contributed by atoms with van der Waals surface area (Å²) in [4.78, 5) is 0.873. The molecule has 0 amide bonds. The summed E-state index contributed by atoms with van der Waals surface area (Å²) in [5, 5.41) is 1.86. The molecule has 0 heterocycles. The van der Waals surface area contributed by atoms with Gasteiger partial charge in [0, 0.05) is 10.3 Å². The monoisotopic (exact) mass is 232 g/mol. The molecule has 0 aliphatic heterocycles. The standard InChI is InChI=1S/C14H16OS/c1-11-6-8-14(9-7-11)16(15)10-13-5-3-4-12(13)2/h6-10H,2-5H2,1H3/b13-10+. The van der Waals surface area contributed by atoms with Gasteiger partial charge in [-0.1, -0.05) is 29.8 Å². The van der Waals surface area contributed by atoms with Crippen molar-refractivity contribution in [1.82, 2.24) is 0 Å². The van der Waals surface area contributed by atoms with Gasteiger partial charge in [-0.05, 0) is 43.9 Å². The third-order valence-corrected chi connectivity index (χ3v) is 4.12. The van der Waals surface area contributed by atoms with Gasteiger partial charge in [-0.25, -0.2) is 4.21 Å². The Morgan fingerprint density at radius 2 is 1.94 bits per heavy atom. The van der Waals surface area contributed by atoms with Crippen molar-refractivity contribution in [2.75, 3.05) is 0 Å². The largest absolute Gasteiger partial charge is 0.250 e. The first-order valence-corrected chi connectivity index (χ1v) is 6.74. The van der Waals surface area contributed by atoms with E-state index in [1.165, 1.54) is 11.1 Å². The average molecular weight is 232 g/mol. The molecule has 2 heteroatoms. The van der Waals surface area contributed by atoms with E-state index in [4.69, 9.17) is 0 Å². The molecule has 16 heavy (non-hydrogen) atoms. The maximum absolute atomic E-state index is 12.1. The molecule has 0 spiro atoms. The molecule has 84 valence electrons. The Kier molecular flexibility index (Phi) is 3.39. The number of hydrogen-bond acceptors (Lipinski definition) is 1. The maximum Gasteiger partial charge on any atom is 0.0778 e. The molecular weight excluding hydrogens is 216 g/mol. The Balaban J connectivity index is 2.20. The first-order chi connectivity index (χ1) is 7.66. The van der Waals surface area contributed by atoms with Gasteiger partial charge in [0.1, 0.15) is 0 Å². The lowest BCUT2D eigenvalue weighted by molar-refractivity contribution is 0.688. The van der Waals surface area contributed by atoms with Crippen LogP contribution in [0.1, 0.15) is 24.8 Å². The summed E-state index contributed by atoms with van der Waals surface area (Å²) in [5.41, 5.74) is 3.53. The molecule has 0 radical (unpaired) electrons. The predicted molar refractivity (Wildman–Crippen MR) is 68.7 cm³/mol. The van der Waals surface area contributed by atoms with Crippen LogP contribution in [0.3, 0.4) is 0 Å². The first kappa shape index (κ1) is 11.3. The second-order valence-corrected chi connectivity index (χ2v) is 5.51. The van der Waals surface area contributed by atoms with Crippen molar-refractivity contribution in [3.05, 3.63) is 53.0 Å². The molecule has 1 aromatic rings. The molecule has 1 nitrogen and oxygen atoms in total. The molecule has 1 aliphatic rings. The fraction of sp³-hybridized carbons (Fsp3) is 0.286. The van der Waals surface area contributed by atoms with Crippen LogP contribution in [-0.2, 0) is 10.8 Å². The zero-order valence-corrected chi connectivity index (χ0v) is 10.3. The highest BCUT2D eigenvalue weighted by molar-refractivity contribution is 7.88. The van der Waals surface area contributed by atoms with Crippen molar-refractivity contribution in [2.24, 2.45) is 0 Å². The van der Waals surface area contributed by atoms with E-state index in [1.54, 1.807) is 0 Å². The molecule has 1 atom stereocenters. The van der Waals surface area contributed by atoms with Crippen molar-refractivity contribution in [1.29, 1.82) is 0 Å². The van der Waals surface area contributed by atoms with Crippen molar-refractivity contribution in [2.45, 2.75) is 31.1 Å². The third-order valence-electron chi connectivity index (χ3n) is 2.88. The summed E-state index contributed by atoms with van der Waals surface area (Å²) < 4.78 is 12.1. The minimum atomic E-state index is -1.03. The summed E-state index contributed by atoms with van der Waals surface area (Å²) in [5.74, 6) is 0. The Bertz CT molecular complexity index is 454. The van der Waals surface area contributed by atoms with Gasteiger partial charge in [0.15, 0.2) is 0 Å². The van der Waals surface area contributed by atoms with Gasteiger partial charge in [-0.3, -0.25) is 0 Å². The van der Waals surface area contributed by atoms with Crippen molar-refractivity contribution in [3.8, 4) is 0 Å². The molecule has 1 aliphatic carbocycles. The summed E-state index contributed by atoms with van der Waals surface area (Å²) in [6.07, 6.45) is 3.23. The number of rotatable bonds is 2. The maximum atomic E-state index is 12.1. The predicted octanol–water partition coefficient (Wildman–Crippen LogP) is 3.73. The molecule has 0 N–H and O–H groups in total. The van der Waals surface area contributed by atoms with Crippen LogP contribution >= 0.6 is 0 Å². The minimum Gasteiger partial charge on any atom is -0.250 e. The molecule has 0 bridgehead atoms. The lowest BCUT2D eigenvalue weighted by Gasteiger charge is -2.00. The Labute approximate surface area is 99.3 Å². The van der Waals surface area contributed by atoms with Crippen LogP contribution in [0.15, 0.2) is 52.3 Å². The molecule has 1 aromatic carbocycles. The molecule has 2 rings (SSSR count). The van der Waals surface area contributed by atoms with E-state index in [0.717, 1.165) is 29.7 Å². The van der Waals surface area contributed by atoms with Crippen molar-refractivity contribution in [3.63, 3.8) is 0 Å². The molecular formula is C14H16OS. The average Bonchev–Trinajstić information content (AvgIpc) is 2.65. The smallest absolute Gasteiger partial charge is 0.0778 e. The van der Waals surface area contributed by atoms with E-state index in [-0.39, 0.29) is 0 Å². The van der Waals surface area contributed by atoms with Gasteiger partial charge in [0.2, 0.25) is 0 Å². The molecule has 1 unspecified atom stereocenters. The summed E-state index contributed by atoms with van der Waals surface area (Å²) in [6, 6.07) is 7.85. The zero-order chi connectivity index (χ0) is 11.5. The van der Waals surface area contributed by atoms with E-state index >= 15 is 0 Å². The number of hydrogen-bond donors (Lipinski definition) is 0. The van der Waals surface area contributed by atoms with Gasteiger partial charge >= 0.3 is 0 Å². The summed E-state index contributed by atoms with van der Waals surface area (Å²) in [7, 11) is -1.03. The number of allylic oxidation sites excluding steroid dienone is 2. The quantitative estimate of drug-likeness (QED) is 0.759. The fourth-order valence-electron chi connectivity index (χ4n) is 1.84. The van der Waals surface area contributed by atoms with Gasteiger partial charge in [0.05, 0.1) is 10.8 Å². The van der Waals surface area contributed by atoms with Gasteiger partial charge in [-0.2, -0.15) is 0 Å². The van der Waals surface area contributed by atoms with E-state index in [1.807, 2.05) is 36.6 Å². The fourth-order valence-corrected chi connectivity index (χ4v) is 2.92. The first-order valence-electron chi connectivity index (χ1n) is 5.53. The highest BCUT2D eigenvalue weighted by Crippen LogP contribution is 2.29. The van der Waals surface area contributed by atoms with Crippen molar-refractivity contribution < 1.29 is 4.21 Å². The van der Waals surface area contributed by atoms with E-state index in [2.05, 4.69) is 6.58 Å². The molecule has 1 fully saturated rings. The highest BCUT2D eigenvalue weighted by atomic mass is 32.2. The lowest BCUT2D eigenvalue weighted by Crippen LogP contribution is -1.89. The Morgan fingerprint density at radius 1 is 1.25 bits per heavy atom. The third kappa shape index (κ3) is 2.50. The second kappa shape index (κ2) is 4.79. The Hall–Kier alpha value is -1.15. The molecule has 0 saturated heterocycles. The lowest BCUT2D eigenvalue weighted by atomic mass is 10.2. The van der Waals surface area contributed by atoms with E-state index in [0.29, 0.717) is 0 Å². The highest BCUT2D eigenvalue weighted by Gasteiger charge is 2.12. The zero-order valence-electron chi connectivity index (χ0n) is 9.53.